The van der Waals surface area contributed by atoms with E-state index in [4.69, 9.17) is 20.3 Å². The van der Waals surface area contributed by atoms with E-state index in [9.17, 15) is 24.0 Å². The fourth-order valence-corrected chi connectivity index (χ4v) is 5.20. The Balaban J connectivity index is 1.47. The number of rotatable bonds is 17. The number of nitrogens with one attached hydrogen (secondary N) is 1. The Kier molecular flexibility index (Phi) is 12.6. The lowest BCUT2D eigenvalue weighted by Crippen LogP contribution is -2.44. The van der Waals surface area contributed by atoms with Crippen LogP contribution in [0.4, 0.5) is 0 Å². The Bertz CT molecular complexity index is 1710. The van der Waals surface area contributed by atoms with Gasteiger partial charge in [-0.05, 0) is 52.8 Å². The second-order valence-electron chi connectivity index (χ2n) is 11.2. The quantitative estimate of drug-likeness (QED) is 0.138. The zero-order chi connectivity index (χ0) is 33.6. The number of carbonyl (C=O) groups is 5. The minimum atomic E-state index is -1.18. The number of carbonyl (C=O) groups excluding carboxylic acids is 4. The Morgan fingerprint density at radius 2 is 1.49 bits per heavy atom. The smallest absolute Gasteiger partial charge is 0.328 e. The minimum Gasteiger partial charge on any atom is -0.481 e. The van der Waals surface area contributed by atoms with Crippen molar-refractivity contribution in [2.24, 2.45) is 5.73 Å². The highest BCUT2D eigenvalue weighted by atomic mass is 16.5. The van der Waals surface area contributed by atoms with Crippen LogP contribution in [0.2, 0.25) is 0 Å². The molecule has 0 unspecified atom stereocenters. The fraction of sp³-hybridized carbons (Fsp3) is 0.270. The van der Waals surface area contributed by atoms with Crippen molar-refractivity contribution in [2.45, 2.75) is 63.7 Å². The number of primary amides is 1. The van der Waals surface area contributed by atoms with E-state index in [2.05, 4.69) is 5.32 Å². The number of hydrogen-bond acceptors (Lipinski definition) is 7. The summed E-state index contributed by atoms with van der Waals surface area (Å²) in [5, 5.41) is 13.9. The van der Waals surface area contributed by atoms with Crippen molar-refractivity contribution < 1.29 is 38.6 Å². The molecule has 0 heterocycles. The van der Waals surface area contributed by atoms with Crippen molar-refractivity contribution in [3.8, 4) is 0 Å². The summed E-state index contributed by atoms with van der Waals surface area (Å²) in [6.45, 7) is 0.110. The molecule has 0 spiro atoms. The van der Waals surface area contributed by atoms with E-state index in [1.807, 2.05) is 72.8 Å². The second-order valence-corrected chi connectivity index (χ2v) is 11.2. The molecular weight excluding hydrogens is 600 g/mol. The van der Waals surface area contributed by atoms with Gasteiger partial charge in [0.1, 0.15) is 18.8 Å². The van der Waals surface area contributed by atoms with Crippen LogP contribution in [0.5, 0.6) is 0 Å². The van der Waals surface area contributed by atoms with Gasteiger partial charge in [0, 0.05) is 24.8 Å². The average Bonchev–Trinajstić information content (AvgIpc) is 3.06. The van der Waals surface area contributed by atoms with Crippen LogP contribution in [0.25, 0.3) is 10.8 Å². The second kappa shape index (κ2) is 17.3. The van der Waals surface area contributed by atoms with Crippen molar-refractivity contribution >= 4 is 40.5 Å². The molecule has 2 amide bonds. The molecule has 4 rings (SSSR count). The number of carboxylic acids is 1. The van der Waals surface area contributed by atoms with E-state index in [1.165, 1.54) is 0 Å². The van der Waals surface area contributed by atoms with Gasteiger partial charge in [-0.2, -0.15) is 0 Å². The van der Waals surface area contributed by atoms with E-state index in [-0.39, 0.29) is 57.1 Å². The molecule has 4 aromatic rings. The van der Waals surface area contributed by atoms with E-state index in [0.29, 0.717) is 5.56 Å². The molecule has 0 aliphatic rings. The Morgan fingerprint density at radius 3 is 2.23 bits per heavy atom. The molecule has 10 nitrogen and oxygen atoms in total. The average molecular weight is 639 g/mol. The summed E-state index contributed by atoms with van der Waals surface area (Å²) in [6.07, 6.45) is -0.755. The van der Waals surface area contributed by atoms with Crippen LogP contribution < -0.4 is 11.1 Å². The number of carboxylic acid groups (broad SMARTS) is 1. The molecule has 0 aliphatic heterocycles. The van der Waals surface area contributed by atoms with Gasteiger partial charge in [-0.1, -0.05) is 91.0 Å². The Labute approximate surface area is 272 Å². The molecule has 10 heteroatoms. The number of fused-ring (bicyclic) bond motifs is 1. The van der Waals surface area contributed by atoms with Gasteiger partial charge in [0.25, 0.3) is 5.91 Å². The van der Waals surface area contributed by atoms with Crippen molar-refractivity contribution in [3.05, 3.63) is 119 Å². The molecule has 4 N–H and O–H groups in total. The van der Waals surface area contributed by atoms with Crippen LogP contribution >= 0.6 is 0 Å². The van der Waals surface area contributed by atoms with Gasteiger partial charge in [0.15, 0.2) is 0 Å². The first kappa shape index (κ1) is 34.4. The van der Waals surface area contributed by atoms with Gasteiger partial charge in [-0.15, -0.1) is 0 Å². The molecule has 0 radical (unpaired) electrons. The lowest BCUT2D eigenvalue weighted by Gasteiger charge is -2.23. The van der Waals surface area contributed by atoms with Crippen molar-refractivity contribution in [3.63, 3.8) is 0 Å². The Morgan fingerprint density at radius 1 is 0.787 bits per heavy atom. The van der Waals surface area contributed by atoms with E-state index in [0.717, 1.165) is 21.9 Å². The van der Waals surface area contributed by atoms with Crippen LogP contribution in [0, 0.1) is 0 Å². The first-order chi connectivity index (χ1) is 22.7. The van der Waals surface area contributed by atoms with Gasteiger partial charge in [0.05, 0.1) is 6.42 Å². The summed E-state index contributed by atoms with van der Waals surface area (Å²) in [7, 11) is 0. The summed E-state index contributed by atoms with van der Waals surface area (Å²) in [4.78, 5) is 62.6. The number of benzene rings is 4. The zero-order valence-corrected chi connectivity index (χ0v) is 25.9. The van der Waals surface area contributed by atoms with Gasteiger partial charge >= 0.3 is 17.9 Å². The molecule has 47 heavy (non-hydrogen) atoms. The third kappa shape index (κ3) is 11.1. The normalized spacial score (nSPS) is 12.1. The molecule has 0 aromatic heterocycles. The van der Waals surface area contributed by atoms with Crippen molar-refractivity contribution in [2.75, 3.05) is 0 Å². The molecule has 0 bridgehead atoms. The number of aliphatic carboxylic acids is 1. The molecule has 244 valence electrons. The highest BCUT2D eigenvalue weighted by Gasteiger charge is 2.28. The first-order valence-electron chi connectivity index (χ1n) is 15.4. The van der Waals surface area contributed by atoms with E-state index >= 15 is 0 Å². The SMILES string of the molecule is NC(=O)C[C@H](Cc1ccc2ccccc2c1)OC(=O)[C@H](CCCC(=O)OCc1ccccc1)NC(=O)c1ccccc1CCC(=O)O. The lowest BCUT2D eigenvalue weighted by atomic mass is 10.0. The minimum absolute atomic E-state index is 0.0104. The van der Waals surface area contributed by atoms with Crippen molar-refractivity contribution in [1.29, 1.82) is 0 Å². The molecule has 0 saturated carbocycles. The predicted octanol–water partition coefficient (Wildman–Crippen LogP) is 4.90. The summed E-state index contributed by atoms with van der Waals surface area (Å²) >= 11 is 0. The third-order valence-electron chi connectivity index (χ3n) is 7.57. The summed E-state index contributed by atoms with van der Waals surface area (Å²) in [5.74, 6) is -3.51. The van der Waals surface area contributed by atoms with Gasteiger partial charge in [0.2, 0.25) is 5.91 Å². The van der Waals surface area contributed by atoms with Gasteiger partial charge in [-0.3, -0.25) is 19.2 Å². The molecule has 2 atom stereocenters. The number of esters is 2. The maximum absolute atomic E-state index is 13.6. The largest absolute Gasteiger partial charge is 0.481 e. The molecule has 4 aromatic carbocycles. The van der Waals surface area contributed by atoms with Crippen LogP contribution in [0.1, 0.15) is 59.2 Å². The number of amides is 2. The summed E-state index contributed by atoms with van der Waals surface area (Å²) in [5.41, 5.74) is 7.90. The maximum Gasteiger partial charge on any atom is 0.328 e. The first-order valence-corrected chi connectivity index (χ1v) is 15.4. The number of aryl methyl sites for hydroxylation is 1. The van der Waals surface area contributed by atoms with E-state index in [1.54, 1.807) is 24.3 Å². The zero-order valence-electron chi connectivity index (χ0n) is 25.9. The topological polar surface area (TPSA) is 162 Å². The lowest BCUT2D eigenvalue weighted by molar-refractivity contribution is -0.153. The summed E-state index contributed by atoms with van der Waals surface area (Å²) < 4.78 is 11.1. The fourth-order valence-electron chi connectivity index (χ4n) is 5.20. The molecule has 0 saturated heterocycles. The van der Waals surface area contributed by atoms with Gasteiger partial charge < -0.3 is 25.6 Å². The molecule has 0 fully saturated rings. The standard InChI is InChI=1S/C37H38N2O8/c38-33(40)23-30(22-26-17-18-27-11-4-5-13-29(27)21-26)47-37(45)32(15-8-16-35(43)46-24-25-9-2-1-3-10-25)39-36(44)31-14-7-6-12-28(31)19-20-34(41)42/h1-7,9-14,17-18,21,30,32H,8,15-16,19-20,22-24H2,(H2,38,40)(H,39,44)(H,41,42)/t30-,32-/m0/s1. The maximum atomic E-state index is 13.6. The third-order valence-corrected chi connectivity index (χ3v) is 7.57. The van der Waals surface area contributed by atoms with Gasteiger partial charge in [-0.25, -0.2) is 4.79 Å². The Hall–Kier alpha value is -5.51. The van der Waals surface area contributed by atoms with Crippen LogP contribution in [0.15, 0.2) is 97.1 Å². The molecule has 0 aliphatic carbocycles. The number of ether oxygens (including phenoxy) is 2. The van der Waals surface area contributed by atoms with E-state index < -0.39 is 41.9 Å². The molecular formula is C37H38N2O8. The highest BCUT2D eigenvalue weighted by molar-refractivity contribution is 5.98. The number of hydrogen-bond donors (Lipinski definition) is 3. The van der Waals surface area contributed by atoms with Crippen LogP contribution in [-0.4, -0.2) is 47.0 Å². The van der Waals surface area contributed by atoms with Crippen LogP contribution in [0.3, 0.4) is 0 Å². The van der Waals surface area contributed by atoms with Crippen molar-refractivity contribution in [1.82, 2.24) is 5.32 Å². The van der Waals surface area contributed by atoms with Crippen LogP contribution in [-0.2, 0) is 48.1 Å². The summed E-state index contributed by atoms with van der Waals surface area (Å²) in [6, 6.07) is 28.1. The monoisotopic (exact) mass is 638 g/mol. The number of nitrogens with two attached hydrogens (primary N) is 1. The highest BCUT2D eigenvalue weighted by Crippen LogP contribution is 2.20. The predicted molar refractivity (Wildman–Crippen MR) is 175 cm³/mol.